The molecule has 3 unspecified atom stereocenters. The number of hydrogen-bond donors (Lipinski definition) is 3. The smallest absolute Gasteiger partial charge is 0.306 e. The summed E-state index contributed by atoms with van der Waals surface area (Å²) in [7, 11) is 1.21. The van der Waals surface area contributed by atoms with Crippen LogP contribution in [0.3, 0.4) is 0 Å². The molecule has 21 heavy (non-hydrogen) atoms. The molecule has 0 saturated carbocycles. The summed E-state index contributed by atoms with van der Waals surface area (Å²) in [5.41, 5.74) is 0. The fourth-order valence-electron chi connectivity index (χ4n) is 1.45. The predicted octanol–water partition coefficient (Wildman–Crippen LogP) is -1.24. The van der Waals surface area contributed by atoms with Crippen molar-refractivity contribution in [2.75, 3.05) is 13.7 Å². The van der Waals surface area contributed by atoms with Gasteiger partial charge >= 0.3 is 5.97 Å². The Bertz CT molecular complexity index is 407. The van der Waals surface area contributed by atoms with Crippen LogP contribution in [0.4, 0.5) is 0 Å². The fourth-order valence-corrected chi connectivity index (χ4v) is 1.45. The van der Waals surface area contributed by atoms with Crippen molar-refractivity contribution in [2.45, 2.75) is 39.3 Å². The molecule has 0 bridgehead atoms. The van der Waals surface area contributed by atoms with Crippen LogP contribution in [0.15, 0.2) is 0 Å². The van der Waals surface area contributed by atoms with Gasteiger partial charge in [0.15, 0.2) is 0 Å². The number of amides is 2. The van der Waals surface area contributed by atoms with Crippen LogP contribution in [0.5, 0.6) is 0 Å². The molecule has 0 aliphatic carbocycles. The van der Waals surface area contributed by atoms with Crippen molar-refractivity contribution < 1.29 is 29.0 Å². The number of hydrogen-bond acceptors (Lipinski definition) is 6. The number of carbonyl (C=O) groups excluding carboxylic acids is 4. The van der Waals surface area contributed by atoms with Crippen LogP contribution in [-0.4, -0.2) is 54.5 Å². The van der Waals surface area contributed by atoms with Gasteiger partial charge in [-0.2, -0.15) is 0 Å². The Morgan fingerprint density at radius 1 is 1.14 bits per heavy atom. The highest BCUT2D eigenvalue weighted by Gasteiger charge is 2.28. The Morgan fingerprint density at radius 3 is 2.14 bits per heavy atom. The minimum absolute atomic E-state index is 0.135. The van der Waals surface area contributed by atoms with Crippen molar-refractivity contribution in [3.63, 3.8) is 0 Å². The molecule has 0 radical (unpaired) electrons. The van der Waals surface area contributed by atoms with Gasteiger partial charge in [0.05, 0.1) is 26.2 Å². The van der Waals surface area contributed by atoms with E-state index in [1.807, 2.05) is 0 Å². The lowest BCUT2D eigenvalue weighted by atomic mass is 10.1. The van der Waals surface area contributed by atoms with Crippen molar-refractivity contribution >= 4 is 23.6 Å². The van der Waals surface area contributed by atoms with Gasteiger partial charge in [0.2, 0.25) is 11.8 Å². The van der Waals surface area contributed by atoms with E-state index in [1.165, 1.54) is 27.9 Å². The van der Waals surface area contributed by atoms with Gasteiger partial charge in [-0.25, -0.2) is 0 Å². The molecule has 0 aromatic rings. The van der Waals surface area contributed by atoms with E-state index in [0.29, 0.717) is 0 Å². The zero-order chi connectivity index (χ0) is 16.6. The van der Waals surface area contributed by atoms with E-state index in [1.54, 1.807) is 0 Å². The van der Waals surface area contributed by atoms with Gasteiger partial charge < -0.3 is 20.5 Å². The highest BCUT2D eigenvalue weighted by atomic mass is 16.5. The molecule has 0 spiro atoms. The number of aliphatic hydroxyl groups is 1. The molecule has 8 nitrogen and oxygen atoms in total. The SMILES string of the molecule is COC(=O)CC(C)C(=O)NC(C(=O)NCC(C)=O)C(C)O. The highest BCUT2D eigenvalue weighted by molar-refractivity contribution is 5.92. The summed E-state index contributed by atoms with van der Waals surface area (Å²) in [6.07, 6.45) is -1.28. The number of ether oxygens (including phenoxy) is 1. The van der Waals surface area contributed by atoms with Crippen LogP contribution in [0.1, 0.15) is 27.2 Å². The molecule has 3 atom stereocenters. The first-order chi connectivity index (χ1) is 9.68. The summed E-state index contributed by atoms with van der Waals surface area (Å²) >= 11 is 0. The van der Waals surface area contributed by atoms with Crippen molar-refractivity contribution in [2.24, 2.45) is 5.92 Å². The van der Waals surface area contributed by atoms with E-state index >= 15 is 0 Å². The van der Waals surface area contributed by atoms with Crippen LogP contribution >= 0.6 is 0 Å². The van der Waals surface area contributed by atoms with Gasteiger partial charge in [0, 0.05) is 5.92 Å². The van der Waals surface area contributed by atoms with Crippen molar-refractivity contribution in [1.82, 2.24) is 10.6 Å². The third-order valence-electron chi connectivity index (χ3n) is 2.72. The molecule has 0 aromatic heterocycles. The van der Waals surface area contributed by atoms with Crippen molar-refractivity contribution in [3.8, 4) is 0 Å². The number of carbonyl (C=O) groups is 4. The van der Waals surface area contributed by atoms with Gasteiger partial charge in [-0.05, 0) is 13.8 Å². The van der Waals surface area contributed by atoms with Crippen LogP contribution in [0.25, 0.3) is 0 Å². The number of Topliss-reactive ketones (excluding diaryl/α,β-unsaturated/α-hetero) is 1. The molecule has 8 heteroatoms. The molecule has 2 amide bonds. The first-order valence-corrected chi connectivity index (χ1v) is 6.51. The van der Waals surface area contributed by atoms with Gasteiger partial charge in [-0.1, -0.05) is 6.92 Å². The molecule has 0 aliphatic heterocycles. The van der Waals surface area contributed by atoms with Gasteiger partial charge in [0.25, 0.3) is 0 Å². The van der Waals surface area contributed by atoms with E-state index in [2.05, 4.69) is 15.4 Å². The minimum Gasteiger partial charge on any atom is -0.469 e. The quantitative estimate of drug-likeness (QED) is 0.482. The molecule has 120 valence electrons. The molecule has 0 aliphatic rings. The average molecular weight is 302 g/mol. The Kier molecular flexibility index (Phi) is 8.22. The molecular weight excluding hydrogens is 280 g/mol. The molecule has 0 saturated heterocycles. The van der Waals surface area contributed by atoms with E-state index < -0.39 is 35.8 Å². The van der Waals surface area contributed by atoms with E-state index in [-0.39, 0.29) is 18.7 Å². The van der Waals surface area contributed by atoms with E-state index in [9.17, 15) is 24.3 Å². The lowest BCUT2D eigenvalue weighted by Crippen LogP contribution is -2.54. The zero-order valence-electron chi connectivity index (χ0n) is 12.6. The number of ketones is 1. The van der Waals surface area contributed by atoms with E-state index in [0.717, 1.165) is 0 Å². The van der Waals surface area contributed by atoms with Crippen LogP contribution in [0.2, 0.25) is 0 Å². The maximum absolute atomic E-state index is 11.9. The summed E-state index contributed by atoms with van der Waals surface area (Å²) in [5.74, 6) is -2.74. The molecule has 0 rings (SSSR count). The maximum Gasteiger partial charge on any atom is 0.306 e. The summed E-state index contributed by atoms with van der Waals surface area (Å²) in [6, 6.07) is -1.20. The number of aliphatic hydroxyl groups excluding tert-OH is 1. The maximum atomic E-state index is 11.9. The third kappa shape index (κ3) is 7.40. The summed E-state index contributed by atoms with van der Waals surface area (Å²) in [4.78, 5) is 45.6. The minimum atomic E-state index is -1.20. The zero-order valence-corrected chi connectivity index (χ0v) is 12.6. The van der Waals surface area contributed by atoms with Crippen LogP contribution in [0, 0.1) is 5.92 Å². The lowest BCUT2D eigenvalue weighted by molar-refractivity contribution is -0.144. The average Bonchev–Trinajstić information content (AvgIpc) is 2.40. The predicted molar refractivity (Wildman–Crippen MR) is 73.1 cm³/mol. The van der Waals surface area contributed by atoms with Gasteiger partial charge in [0.1, 0.15) is 11.8 Å². The first-order valence-electron chi connectivity index (χ1n) is 6.51. The second kappa shape index (κ2) is 9.06. The number of rotatable bonds is 8. The summed E-state index contributed by atoms with van der Waals surface area (Å²) in [6.45, 7) is 3.95. The van der Waals surface area contributed by atoms with Crippen molar-refractivity contribution in [3.05, 3.63) is 0 Å². The van der Waals surface area contributed by atoms with Crippen LogP contribution in [-0.2, 0) is 23.9 Å². The van der Waals surface area contributed by atoms with Crippen molar-refractivity contribution in [1.29, 1.82) is 0 Å². The number of nitrogens with one attached hydrogen (secondary N) is 2. The van der Waals surface area contributed by atoms with Gasteiger partial charge in [-0.3, -0.25) is 19.2 Å². The Labute approximate surface area is 123 Å². The first kappa shape index (κ1) is 19.0. The summed E-state index contributed by atoms with van der Waals surface area (Å²) in [5, 5.41) is 14.2. The van der Waals surface area contributed by atoms with E-state index in [4.69, 9.17) is 0 Å². The molecule has 0 heterocycles. The molecule has 3 N–H and O–H groups in total. The second-order valence-electron chi connectivity index (χ2n) is 4.83. The second-order valence-corrected chi connectivity index (χ2v) is 4.83. The Morgan fingerprint density at radius 2 is 1.71 bits per heavy atom. The summed E-state index contributed by atoms with van der Waals surface area (Å²) < 4.78 is 4.45. The number of esters is 1. The Balaban J connectivity index is 4.62. The highest BCUT2D eigenvalue weighted by Crippen LogP contribution is 2.05. The third-order valence-corrected chi connectivity index (χ3v) is 2.72. The molecule has 0 fully saturated rings. The monoisotopic (exact) mass is 302 g/mol. The van der Waals surface area contributed by atoms with Gasteiger partial charge in [-0.15, -0.1) is 0 Å². The molecule has 0 aromatic carbocycles. The topological polar surface area (TPSA) is 122 Å². The standard InChI is InChI=1S/C13H22N2O6/c1-7(5-10(18)21-4)12(19)15-11(9(3)17)13(20)14-6-8(2)16/h7,9,11,17H,5-6H2,1-4H3,(H,14,20)(H,15,19). The fraction of sp³-hybridized carbons (Fsp3) is 0.692. The number of methoxy groups -OCH3 is 1. The lowest BCUT2D eigenvalue weighted by Gasteiger charge is -2.22. The largest absolute Gasteiger partial charge is 0.469 e. The Hall–Kier alpha value is -1.96. The normalized spacial score (nSPS) is 14.5. The van der Waals surface area contributed by atoms with Crippen LogP contribution < -0.4 is 10.6 Å². The molecular formula is C13H22N2O6.